The molecule has 1 N–H and O–H groups in total. The summed E-state index contributed by atoms with van der Waals surface area (Å²) in [5, 5.41) is 18.6. The van der Waals surface area contributed by atoms with Crippen molar-refractivity contribution < 1.29 is 27.9 Å². The fraction of sp³-hybridized carbons (Fsp3) is 0.250. The van der Waals surface area contributed by atoms with E-state index in [1.54, 1.807) is 6.92 Å². The number of phenolic OH excluding ortho intramolecular Hbond substituents is 1. The number of alkyl halides is 3. The number of hydrogen-bond acceptors (Lipinski definition) is 4. The molecule has 1 fully saturated rings. The van der Waals surface area contributed by atoms with Crippen LogP contribution in [0, 0.1) is 18.3 Å². The number of urea groups is 1. The number of anilines is 1. The Morgan fingerprint density at radius 3 is 2.34 bits per heavy atom. The van der Waals surface area contributed by atoms with Gasteiger partial charge >= 0.3 is 12.2 Å². The largest absolute Gasteiger partial charge is 0.508 e. The maximum Gasteiger partial charge on any atom is 0.417 e. The van der Waals surface area contributed by atoms with Gasteiger partial charge in [0, 0.05) is 7.05 Å². The van der Waals surface area contributed by atoms with E-state index in [4.69, 9.17) is 5.26 Å². The first-order chi connectivity index (χ1) is 13.4. The molecule has 1 unspecified atom stereocenters. The molecule has 29 heavy (non-hydrogen) atoms. The van der Waals surface area contributed by atoms with Crippen LogP contribution in [-0.2, 0) is 16.5 Å². The molecule has 0 spiro atoms. The van der Waals surface area contributed by atoms with Crippen molar-refractivity contribution in [1.82, 2.24) is 4.90 Å². The summed E-state index contributed by atoms with van der Waals surface area (Å²) in [7, 11) is 1.38. The first kappa shape index (κ1) is 20.2. The Hall–Kier alpha value is -3.54. The highest BCUT2D eigenvalue weighted by molar-refractivity contribution is 6.23. The molecule has 1 saturated heterocycles. The highest BCUT2D eigenvalue weighted by Crippen LogP contribution is 2.42. The predicted octanol–water partition coefficient (Wildman–Crippen LogP) is 3.90. The highest BCUT2D eigenvalue weighted by Gasteiger charge is 2.55. The van der Waals surface area contributed by atoms with Crippen LogP contribution in [0.3, 0.4) is 0 Å². The van der Waals surface area contributed by atoms with Crippen LogP contribution >= 0.6 is 0 Å². The lowest BCUT2D eigenvalue weighted by atomic mass is 9.87. The minimum atomic E-state index is -4.82. The van der Waals surface area contributed by atoms with Crippen LogP contribution in [0.5, 0.6) is 5.75 Å². The molecule has 0 aromatic heterocycles. The summed E-state index contributed by atoms with van der Waals surface area (Å²) in [6, 6.07) is 7.64. The van der Waals surface area contributed by atoms with Crippen molar-refractivity contribution >= 4 is 17.6 Å². The Morgan fingerprint density at radius 2 is 1.79 bits per heavy atom. The average molecular weight is 403 g/mol. The number of likely N-dealkylation sites (N-methyl/N-ethyl adjacent to an activating group) is 1. The fourth-order valence-corrected chi connectivity index (χ4v) is 3.51. The Kier molecular flexibility index (Phi) is 4.54. The molecule has 0 aliphatic carbocycles. The summed E-state index contributed by atoms with van der Waals surface area (Å²) < 4.78 is 39.9. The molecule has 9 heteroatoms. The molecule has 3 rings (SSSR count). The van der Waals surface area contributed by atoms with Gasteiger partial charge in [-0.3, -0.25) is 4.79 Å². The van der Waals surface area contributed by atoms with Gasteiger partial charge in [0.05, 0.1) is 22.9 Å². The second-order valence-electron chi connectivity index (χ2n) is 6.89. The van der Waals surface area contributed by atoms with Crippen molar-refractivity contribution in [2.45, 2.75) is 25.6 Å². The van der Waals surface area contributed by atoms with Crippen molar-refractivity contribution in [3.05, 3.63) is 58.7 Å². The van der Waals surface area contributed by atoms with Crippen LogP contribution in [0.15, 0.2) is 36.4 Å². The number of carbonyl (C=O) groups is 2. The van der Waals surface area contributed by atoms with Gasteiger partial charge < -0.3 is 10.0 Å². The Labute approximate surface area is 164 Å². The van der Waals surface area contributed by atoms with Crippen LogP contribution in [0.4, 0.5) is 23.7 Å². The maximum absolute atomic E-state index is 13.3. The van der Waals surface area contributed by atoms with E-state index in [1.165, 1.54) is 38.2 Å². The molecule has 0 saturated carbocycles. The SMILES string of the molecule is Cc1cc(O)ccc1C1(C)C(=O)N(c2ccc(C#N)c(C(F)(F)F)c2)C(=O)N1C. The molecule has 2 aromatic rings. The fourth-order valence-electron chi connectivity index (χ4n) is 3.51. The number of halogens is 3. The third-order valence-corrected chi connectivity index (χ3v) is 5.19. The second kappa shape index (κ2) is 6.51. The first-order valence-electron chi connectivity index (χ1n) is 8.46. The van der Waals surface area contributed by atoms with Gasteiger partial charge in [-0.15, -0.1) is 0 Å². The molecule has 0 radical (unpaired) electrons. The van der Waals surface area contributed by atoms with Gasteiger partial charge in [0.1, 0.15) is 11.3 Å². The van der Waals surface area contributed by atoms with Gasteiger partial charge in [-0.2, -0.15) is 18.4 Å². The lowest BCUT2D eigenvalue weighted by molar-refractivity contribution is -0.137. The predicted molar refractivity (Wildman–Crippen MR) is 97.0 cm³/mol. The zero-order valence-electron chi connectivity index (χ0n) is 15.7. The highest BCUT2D eigenvalue weighted by atomic mass is 19.4. The van der Waals surface area contributed by atoms with Gasteiger partial charge in [-0.1, -0.05) is 6.07 Å². The number of amides is 3. The van der Waals surface area contributed by atoms with E-state index in [2.05, 4.69) is 0 Å². The summed E-state index contributed by atoms with van der Waals surface area (Å²) in [6.07, 6.45) is -4.82. The quantitative estimate of drug-likeness (QED) is 0.771. The summed E-state index contributed by atoms with van der Waals surface area (Å²) in [4.78, 5) is 27.9. The molecule has 6 nitrogen and oxygen atoms in total. The van der Waals surface area contributed by atoms with Gasteiger partial charge in [-0.25, -0.2) is 9.69 Å². The van der Waals surface area contributed by atoms with Gasteiger partial charge in [0.25, 0.3) is 5.91 Å². The van der Waals surface area contributed by atoms with Crippen molar-refractivity contribution in [2.24, 2.45) is 0 Å². The number of phenols is 1. The van der Waals surface area contributed by atoms with Crippen molar-refractivity contribution in [3.8, 4) is 11.8 Å². The Bertz CT molecular complexity index is 1070. The maximum atomic E-state index is 13.3. The smallest absolute Gasteiger partial charge is 0.417 e. The van der Waals surface area contributed by atoms with Gasteiger partial charge in [-0.05, 0) is 55.3 Å². The molecule has 1 heterocycles. The molecule has 1 aliphatic rings. The topological polar surface area (TPSA) is 84.6 Å². The minimum absolute atomic E-state index is 0.0203. The molecule has 2 aromatic carbocycles. The number of rotatable bonds is 2. The number of nitriles is 1. The van der Waals surface area contributed by atoms with Crippen LogP contribution in [0.1, 0.15) is 29.2 Å². The molecule has 1 atom stereocenters. The van der Waals surface area contributed by atoms with E-state index in [0.29, 0.717) is 22.1 Å². The Morgan fingerprint density at radius 1 is 1.14 bits per heavy atom. The van der Waals surface area contributed by atoms with E-state index in [1.807, 2.05) is 0 Å². The van der Waals surface area contributed by atoms with Gasteiger partial charge in [0.2, 0.25) is 0 Å². The minimum Gasteiger partial charge on any atom is -0.508 e. The number of aryl methyl sites for hydroxylation is 1. The van der Waals surface area contributed by atoms with E-state index >= 15 is 0 Å². The van der Waals surface area contributed by atoms with Crippen LogP contribution in [0.2, 0.25) is 0 Å². The van der Waals surface area contributed by atoms with Crippen LogP contribution < -0.4 is 4.90 Å². The zero-order chi connectivity index (χ0) is 21.7. The molecular formula is C20H16F3N3O3. The number of nitrogens with zero attached hydrogens (tertiary/aromatic N) is 3. The summed E-state index contributed by atoms with van der Waals surface area (Å²) in [5.41, 5.74) is -2.62. The molecule has 150 valence electrons. The number of benzene rings is 2. The van der Waals surface area contributed by atoms with E-state index in [9.17, 15) is 27.9 Å². The van der Waals surface area contributed by atoms with Crippen molar-refractivity contribution in [2.75, 3.05) is 11.9 Å². The summed E-state index contributed by atoms with van der Waals surface area (Å²) in [5.74, 6) is -0.760. The standard InChI is InChI=1S/C20H16F3N3O3/c1-11-8-14(27)6-7-15(11)19(2)17(28)26(18(29)25(19)3)13-5-4-12(10-24)16(9-13)20(21,22)23/h4-9,27H,1-3H3. The van der Waals surface area contributed by atoms with Crippen molar-refractivity contribution in [3.63, 3.8) is 0 Å². The molecule has 3 amide bonds. The lowest BCUT2D eigenvalue weighted by Crippen LogP contribution is -2.42. The summed E-state index contributed by atoms with van der Waals surface area (Å²) in [6.45, 7) is 3.14. The van der Waals surface area contributed by atoms with E-state index < -0.39 is 34.8 Å². The molecule has 0 bridgehead atoms. The third-order valence-electron chi connectivity index (χ3n) is 5.19. The van der Waals surface area contributed by atoms with Crippen molar-refractivity contribution in [1.29, 1.82) is 5.26 Å². The normalized spacial score (nSPS) is 19.6. The lowest BCUT2D eigenvalue weighted by Gasteiger charge is -2.30. The zero-order valence-corrected chi connectivity index (χ0v) is 15.7. The number of carbonyl (C=O) groups excluding carboxylic acids is 2. The summed E-state index contributed by atoms with van der Waals surface area (Å²) >= 11 is 0. The molecule has 1 aliphatic heterocycles. The monoisotopic (exact) mass is 403 g/mol. The third kappa shape index (κ3) is 2.97. The second-order valence-corrected chi connectivity index (χ2v) is 6.89. The number of hydrogen-bond donors (Lipinski definition) is 1. The van der Waals surface area contributed by atoms with Crippen LogP contribution in [0.25, 0.3) is 0 Å². The molecular weight excluding hydrogens is 387 g/mol. The van der Waals surface area contributed by atoms with Crippen LogP contribution in [-0.4, -0.2) is 29.0 Å². The Balaban J connectivity index is 2.15. The van der Waals surface area contributed by atoms with E-state index in [-0.39, 0.29) is 11.4 Å². The number of aromatic hydroxyl groups is 1. The average Bonchev–Trinajstić information content (AvgIpc) is 2.81. The first-order valence-corrected chi connectivity index (χ1v) is 8.46. The van der Waals surface area contributed by atoms with Gasteiger partial charge in [0.15, 0.2) is 0 Å². The van der Waals surface area contributed by atoms with E-state index in [0.717, 1.165) is 17.0 Å². The number of imide groups is 1.